The Morgan fingerprint density at radius 3 is 2.81 bits per heavy atom. The zero-order chi connectivity index (χ0) is 14.7. The van der Waals surface area contributed by atoms with E-state index < -0.39 is 0 Å². The predicted molar refractivity (Wildman–Crippen MR) is 82.0 cm³/mol. The highest BCUT2D eigenvalue weighted by Crippen LogP contribution is 2.16. The lowest BCUT2D eigenvalue weighted by molar-refractivity contribution is 0.625. The van der Waals surface area contributed by atoms with Crippen LogP contribution in [0.5, 0.6) is 0 Å². The molecule has 0 saturated heterocycles. The molecule has 0 spiro atoms. The summed E-state index contributed by atoms with van der Waals surface area (Å²) >= 11 is 0. The van der Waals surface area contributed by atoms with Crippen LogP contribution in [0.3, 0.4) is 0 Å². The Morgan fingerprint density at radius 1 is 1.14 bits per heavy atom. The number of hydrogen-bond acceptors (Lipinski definition) is 2. The highest BCUT2D eigenvalue weighted by Gasteiger charge is 2.02. The van der Waals surface area contributed by atoms with Gasteiger partial charge in [0, 0.05) is 24.6 Å². The summed E-state index contributed by atoms with van der Waals surface area (Å²) in [5, 5.41) is 7.58. The Morgan fingerprint density at radius 2 is 2.05 bits per heavy atom. The summed E-state index contributed by atoms with van der Waals surface area (Å²) in [6.45, 7) is 2.58. The van der Waals surface area contributed by atoms with Crippen LogP contribution >= 0.6 is 0 Å². The molecule has 0 aliphatic heterocycles. The molecule has 0 amide bonds. The molecule has 1 N–H and O–H groups in total. The Hall–Kier alpha value is -2.62. The van der Waals surface area contributed by atoms with Crippen molar-refractivity contribution >= 4 is 5.69 Å². The third-order valence-corrected chi connectivity index (χ3v) is 3.40. The van der Waals surface area contributed by atoms with E-state index in [0.717, 1.165) is 22.5 Å². The average molecular weight is 281 g/mol. The van der Waals surface area contributed by atoms with Crippen molar-refractivity contribution in [3.05, 3.63) is 77.9 Å². The first-order valence-corrected chi connectivity index (χ1v) is 6.81. The minimum atomic E-state index is -0.197. The van der Waals surface area contributed by atoms with Crippen molar-refractivity contribution in [2.45, 2.75) is 13.5 Å². The molecule has 0 aliphatic rings. The van der Waals surface area contributed by atoms with Crippen molar-refractivity contribution in [1.82, 2.24) is 9.78 Å². The van der Waals surface area contributed by atoms with Crippen molar-refractivity contribution < 1.29 is 4.39 Å². The van der Waals surface area contributed by atoms with E-state index in [0.29, 0.717) is 6.54 Å². The van der Waals surface area contributed by atoms with Crippen LogP contribution in [0.15, 0.2) is 60.9 Å². The molecule has 3 aromatic rings. The number of nitrogens with zero attached hydrogens (tertiary/aromatic N) is 2. The van der Waals surface area contributed by atoms with E-state index in [9.17, 15) is 4.39 Å². The number of halogens is 1. The molecule has 0 aliphatic carbocycles. The van der Waals surface area contributed by atoms with Gasteiger partial charge in [0.25, 0.3) is 0 Å². The fourth-order valence-electron chi connectivity index (χ4n) is 2.23. The summed E-state index contributed by atoms with van der Waals surface area (Å²) in [6, 6.07) is 14.8. The Labute approximate surface area is 123 Å². The van der Waals surface area contributed by atoms with E-state index in [4.69, 9.17) is 0 Å². The third-order valence-electron chi connectivity index (χ3n) is 3.40. The van der Waals surface area contributed by atoms with E-state index in [1.54, 1.807) is 12.3 Å². The lowest BCUT2D eigenvalue weighted by Crippen LogP contribution is -2.02. The van der Waals surface area contributed by atoms with Crippen molar-refractivity contribution in [3.8, 4) is 5.69 Å². The lowest BCUT2D eigenvalue weighted by atomic mass is 10.1. The first-order chi connectivity index (χ1) is 10.2. The van der Waals surface area contributed by atoms with Crippen LogP contribution in [0, 0.1) is 12.7 Å². The highest BCUT2D eigenvalue weighted by molar-refractivity contribution is 5.51. The average Bonchev–Trinajstić information content (AvgIpc) is 3.01. The highest BCUT2D eigenvalue weighted by atomic mass is 19.1. The first kappa shape index (κ1) is 13.4. The number of aromatic nitrogens is 2. The smallest absolute Gasteiger partial charge is 0.123 e. The lowest BCUT2D eigenvalue weighted by Gasteiger charge is -2.10. The van der Waals surface area contributed by atoms with Crippen LogP contribution in [0.4, 0.5) is 10.1 Å². The summed E-state index contributed by atoms with van der Waals surface area (Å²) in [5.74, 6) is -0.197. The van der Waals surface area contributed by atoms with Gasteiger partial charge < -0.3 is 5.32 Å². The molecule has 4 heteroatoms. The number of nitrogens with one attached hydrogen (secondary N) is 1. The summed E-state index contributed by atoms with van der Waals surface area (Å²) in [7, 11) is 0. The molecule has 21 heavy (non-hydrogen) atoms. The predicted octanol–water partition coefficient (Wildman–Crippen LogP) is 3.93. The molecule has 0 atom stereocenters. The standard InChI is InChI=1S/C17H16FN3/c1-13-10-15(18)7-6-14(13)12-19-16-4-2-5-17(11-16)21-9-3-8-20-21/h2-11,19H,12H2,1H3. The zero-order valence-corrected chi connectivity index (χ0v) is 11.8. The van der Waals surface area contributed by atoms with Gasteiger partial charge in [0.05, 0.1) is 5.69 Å². The normalized spacial score (nSPS) is 10.6. The van der Waals surface area contributed by atoms with Crippen LogP contribution in [-0.2, 0) is 6.54 Å². The third kappa shape index (κ3) is 3.11. The van der Waals surface area contributed by atoms with E-state index in [1.165, 1.54) is 6.07 Å². The van der Waals surface area contributed by atoms with Gasteiger partial charge in [-0.05, 0) is 54.4 Å². The molecule has 0 unspecified atom stereocenters. The molecule has 0 fully saturated rings. The second-order valence-corrected chi connectivity index (χ2v) is 4.93. The molecule has 0 saturated carbocycles. The van der Waals surface area contributed by atoms with E-state index >= 15 is 0 Å². The van der Waals surface area contributed by atoms with Crippen molar-refractivity contribution in [3.63, 3.8) is 0 Å². The summed E-state index contributed by atoms with van der Waals surface area (Å²) < 4.78 is 14.9. The SMILES string of the molecule is Cc1cc(F)ccc1CNc1cccc(-n2cccn2)c1. The van der Waals surface area contributed by atoms with Gasteiger partial charge >= 0.3 is 0 Å². The topological polar surface area (TPSA) is 29.9 Å². The van der Waals surface area contributed by atoms with Gasteiger partial charge in [-0.1, -0.05) is 12.1 Å². The fraction of sp³-hybridized carbons (Fsp3) is 0.118. The zero-order valence-electron chi connectivity index (χ0n) is 11.8. The number of hydrogen-bond donors (Lipinski definition) is 1. The minimum absolute atomic E-state index is 0.197. The minimum Gasteiger partial charge on any atom is -0.381 e. The van der Waals surface area contributed by atoms with Crippen LogP contribution in [0.25, 0.3) is 5.69 Å². The second kappa shape index (κ2) is 5.79. The monoisotopic (exact) mass is 281 g/mol. The molecule has 0 radical (unpaired) electrons. The van der Waals surface area contributed by atoms with E-state index in [1.807, 2.05) is 54.2 Å². The Bertz CT molecular complexity index is 736. The number of benzene rings is 2. The Kier molecular flexibility index (Phi) is 3.69. The van der Waals surface area contributed by atoms with Crippen LogP contribution < -0.4 is 5.32 Å². The molecular formula is C17H16FN3. The van der Waals surface area contributed by atoms with Crippen molar-refractivity contribution in [1.29, 1.82) is 0 Å². The summed E-state index contributed by atoms with van der Waals surface area (Å²) in [4.78, 5) is 0. The maximum atomic E-state index is 13.1. The van der Waals surface area contributed by atoms with Crippen molar-refractivity contribution in [2.75, 3.05) is 5.32 Å². The van der Waals surface area contributed by atoms with Gasteiger partial charge in [0.15, 0.2) is 0 Å². The van der Waals surface area contributed by atoms with Crippen LogP contribution in [-0.4, -0.2) is 9.78 Å². The number of aryl methyl sites for hydroxylation is 1. The molecule has 106 valence electrons. The molecule has 1 heterocycles. The summed E-state index contributed by atoms with van der Waals surface area (Å²) in [6.07, 6.45) is 3.66. The van der Waals surface area contributed by atoms with Gasteiger partial charge in [-0.15, -0.1) is 0 Å². The maximum Gasteiger partial charge on any atom is 0.123 e. The number of anilines is 1. The molecule has 2 aromatic carbocycles. The van der Waals surface area contributed by atoms with Crippen LogP contribution in [0.2, 0.25) is 0 Å². The molecule has 3 rings (SSSR count). The van der Waals surface area contributed by atoms with Gasteiger partial charge in [0.1, 0.15) is 5.82 Å². The van der Waals surface area contributed by atoms with Gasteiger partial charge in [-0.3, -0.25) is 0 Å². The van der Waals surface area contributed by atoms with Gasteiger partial charge in [0.2, 0.25) is 0 Å². The summed E-state index contributed by atoms with van der Waals surface area (Å²) in [5.41, 5.74) is 4.04. The molecule has 3 nitrogen and oxygen atoms in total. The first-order valence-electron chi connectivity index (χ1n) is 6.81. The van der Waals surface area contributed by atoms with E-state index in [-0.39, 0.29) is 5.82 Å². The van der Waals surface area contributed by atoms with Crippen molar-refractivity contribution in [2.24, 2.45) is 0 Å². The van der Waals surface area contributed by atoms with E-state index in [2.05, 4.69) is 10.4 Å². The molecule has 0 bridgehead atoms. The van der Waals surface area contributed by atoms with Gasteiger partial charge in [-0.2, -0.15) is 5.10 Å². The molecule has 1 aromatic heterocycles. The maximum absolute atomic E-state index is 13.1. The van der Waals surface area contributed by atoms with Crippen LogP contribution in [0.1, 0.15) is 11.1 Å². The molecular weight excluding hydrogens is 265 g/mol. The fourth-order valence-corrected chi connectivity index (χ4v) is 2.23. The second-order valence-electron chi connectivity index (χ2n) is 4.93. The number of rotatable bonds is 4. The van der Waals surface area contributed by atoms with Gasteiger partial charge in [-0.25, -0.2) is 9.07 Å². The largest absolute Gasteiger partial charge is 0.381 e. The Balaban J connectivity index is 1.75. The quantitative estimate of drug-likeness (QED) is 0.785.